The minimum absolute atomic E-state index is 0.0545. The van der Waals surface area contributed by atoms with Gasteiger partial charge in [0.15, 0.2) is 23.0 Å². The number of nitrogens with zero attached hydrogens (tertiary/aromatic N) is 4. The molecule has 0 bridgehead atoms. The number of nitrogens with one attached hydrogen (secondary N) is 2. The van der Waals surface area contributed by atoms with Gasteiger partial charge >= 0.3 is 0 Å². The van der Waals surface area contributed by atoms with Crippen LogP contribution in [0, 0.1) is 20.2 Å². The highest BCUT2D eigenvalue weighted by Crippen LogP contribution is 2.38. The molecule has 0 atom stereocenters. The zero-order valence-electron chi connectivity index (χ0n) is 18.9. The standard InChI is InChI=1S/C21H18N6O10/c28-20(24-22-8-12-4-16-18(36-10-34-16)6-14(12)26(30)31)2-1-3-21(29)25-23-9-13-5-17-19(37-11-35-17)7-15(13)27(32)33/h4-9H,1-3,10-11H2,(H,24,28)(H,25,29). The highest BCUT2D eigenvalue weighted by molar-refractivity contribution is 5.89. The van der Waals surface area contributed by atoms with Gasteiger partial charge in [-0.15, -0.1) is 0 Å². The van der Waals surface area contributed by atoms with Crippen LogP contribution in [0.15, 0.2) is 34.5 Å². The Morgan fingerprint density at radius 3 is 1.51 bits per heavy atom. The highest BCUT2D eigenvalue weighted by atomic mass is 16.7. The third-order valence-electron chi connectivity index (χ3n) is 5.03. The Morgan fingerprint density at radius 2 is 1.14 bits per heavy atom. The second-order valence-corrected chi connectivity index (χ2v) is 7.48. The van der Waals surface area contributed by atoms with Crippen LogP contribution in [0.2, 0.25) is 0 Å². The number of fused-ring (bicyclic) bond motifs is 2. The number of nitro groups is 2. The van der Waals surface area contributed by atoms with E-state index < -0.39 is 21.7 Å². The number of amides is 2. The van der Waals surface area contributed by atoms with Crippen molar-refractivity contribution in [3.8, 4) is 23.0 Å². The summed E-state index contributed by atoms with van der Waals surface area (Å²) in [5.41, 5.74) is 4.13. The maximum absolute atomic E-state index is 12.0. The molecule has 0 unspecified atom stereocenters. The molecule has 4 rings (SSSR count). The molecule has 2 amide bonds. The normalized spacial score (nSPS) is 13.2. The van der Waals surface area contributed by atoms with Crippen molar-refractivity contribution in [2.24, 2.45) is 10.2 Å². The Balaban J connectivity index is 1.23. The Kier molecular flexibility index (Phi) is 7.37. The number of nitro benzene ring substituents is 2. The van der Waals surface area contributed by atoms with Gasteiger partial charge in [-0.1, -0.05) is 0 Å². The lowest BCUT2D eigenvalue weighted by atomic mass is 10.1. The minimum Gasteiger partial charge on any atom is -0.454 e. The van der Waals surface area contributed by atoms with Crippen molar-refractivity contribution in [1.82, 2.24) is 10.9 Å². The largest absolute Gasteiger partial charge is 0.454 e. The van der Waals surface area contributed by atoms with Crippen molar-refractivity contribution in [3.63, 3.8) is 0 Å². The number of benzene rings is 2. The van der Waals surface area contributed by atoms with Crippen molar-refractivity contribution >= 4 is 35.6 Å². The minimum atomic E-state index is -0.614. The molecule has 0 aromatic heterocycles. The monoisotopic (exact) mass is 514 g/mol. The number of hydrazone groups is 2. The van der Waals surface area contributed by atoms with Gasteiger partial charge in [0.2, 0.25) is 25.4 Å². The first-order valence-electron chi connectivity index (χ1n) is 10.6. The summed E-state index contributed by atoms with van der Waals surface area (Å²) in [7, 11) is 0. The first kappa shape index (κ1) is 24.8. The fraction of sp³-hybridized carbons (Fsp3) is 0.238. The van der Waals surface area contributed by atoms with Crippen LogP contribution in [0.3, 0.4) is 0 Å². The topological polar surface area (TPSA) is 206 Å². The van der Waals surface area contributed by atoms with Gasteiger partial charge in [-0.25, -0.2) is 10.9 Å². The molecule has 16 heteroatoms. The van der Waals surface area contributed by atoms with Crippen LogP contribution >= 0.6 is 0 Å². The molecule has 37 heavy (non-hydrogen) atoms. The summed E-state index contributed by atoms with van der Waals surface area (Å²) in [5, 5.41) is 29.9. The van der Waals surface area contributed by atoms with E-state index in [0.717, 1.165) is 12.4 Å². The SMILES string of the molecule is O=C(CCCC(=O)NN=Cc1cc2c(cc1[N+](=O)[O-])OCO2)NN=Cc1cc2c(cc1[N+](=O)[O-])OCO2. The summed E-state index contributed by atoms with van der Waals surface area (Å²) in [6.07, 6.45) is 2.23. The summed E-state index contributed by atoms with van der Waals surface area (Å²) in [6, 6.07) is 5.16. The first-order chi connectivity index (χ1) is 17.8. The molecule has 2 aliphatic heterocycles. The molecule has 0 fully saturated rings. The second kappa shape index (κ2) is 11.0. The Morgan fingerprint density at radius 1 is 0.757 bits per heavy atom. The van der Waals surface area contributed by atoms with Gasteiger partial charge in [-0.05, 0) is 18.6 Å². The van der Waals surface area contributed by atoms with Crippen molar-refractivity contribution < 1.29 is 38.4 Å². The van der Waals surface area contributed by atoms with E-state index in [0.29, 0.717) is 11.5 Å². The van der Waals surface area contributed by atoms with Crippen LogP contribution in [-0.2, 0) is 9.59 Å². The van der Waals surface area contributed by atoms with E-state index in [1.165, 1.54) is 24.3 Å². The van der Waals surface area contributed by atoms with Crippen LogP contribution in [0.4, 0.5) is 11.4 Å². The molecule has 192 valence electrons. The number of hydrogen-bond donors (Lipinski definition) is 2. The van der Waals surface area contributed by atoms with Crippen molar-refractivity contribution in [2.45, 2.75) is 19.3 Å². The van der Waals surface area contributed by atoms with Gasteiger partial charge in [-0.2, -0.15) is 10.2 Å². The van der Waals surface area contributed by atoms with E-state index in [4.69, 9.17) is 18.9 Å². The Labute approximate surface area is 207 Å². The number of ether oxygens (including phenoxy) is 4. The van der Waals surface area contributed by atoms with Crippen LogP contribution in [0.25, 0.3) is 0 Å². The predicted octanol–water partition coefficient (Wildman–Crippen LogP) is 1.73. The van der Waals surface area contributed by atoms with Crippen molar-refractivity contribution in [3.05, 3.63) is 55.6 Å². The smallest absolute Gasteiger partial charge is 0.282 e. The van der Waals surface area contributed by atoms with E-state index in [2.05, 4.69) is 21.1 Å². The maximum atomic E-state index is 12.0. The summed E-state index contributed by atoms with van der Waals surface area (Å²) in [4.78, 5) is 45.2. The van der Waals surface area contributed by atoms with Gasteiger partial charge in [0.1, 0.15) is 0 Å². The second-order valence-electron chi connectivity index (χ2n) is 7.48. The average molecular weight is 514 g/mol. The fourth-order valence-corrected chi connectivity index (χ4v) is 3.29. The number of carbonyl (C=O) groups excluding carboxylic acids is 2. The molecule has 0 saturated carbocycles. The number of carbonyl (C=O) groups is 2. The van der Waals surface area contributed by atoms with Crippen molar-refractivity contribution in [1.29, 1.82) is 0 Å². The zero-order chi connectivity index (χ0) is 26.4. The number of rotatable bonds is 10. The average Bonchev–Trinajstić information content (AvgIpc) is 3.51. The molecule has 2 aromatic rings. The van der Waals surface area contributed by atoms with E-state index >= 15 is 0 Å². The molecule has 2 aromatic carbocycles. The summed E-state index contributed by atoms with van der Waals surface area (Å²) < 4.78 is 20.6. The summed E-state index contributed by atoms with van der Waals surface area (Å²) >= 11 is 0. The molecule has 0 saturated heterocycles. The van der Waals surface area contributed by atoms with E-state index in [-0.39, 0.29) is 66.8 Å². The van der Waals surface area contributed by atoms with Crippen LogP contribution < -0.4 is 29.8 Å². The summed E-state index contributed by atoms with van der Waals surface area (Å²) in [5.74, 6) is 0.0773. The molecule has 0 aliphatic carbocycles. The van der Waals surface area contributed by atoms with E-state index in [1.54, 1.807) is 0 Å². The van der Waals surface area contributed by atoms with Crippen LogP contribution in [-0.4, -0.2) is 47.7 Å². The molecule has 2 heterocycles. The van der Waals surface area contributed by atoms with Gasteiger partial charge in [-0.3, -0.25) is 29.8 Å². The number of hydrogen-bond acceptors (Lipinski definition) is 12. The first-order valence-corrected chi connectivity index (χ1v) is 10.6. The molecule has 2 aliphatic rings. The quantitative estimate of drug-likeness (QED) is 0.267. The van der Waals surface area contributed by atoms with E-state index in [1.807, 2.05) is 0 Å². The molecule has 0 radical (unpaired) electrons. The molecule has 16 nitrogen and oxygen atoms in total. The lowest BCUT2D eigenvalue weighted by Gasteiger charge is -2.02. The van der Waals surface area contributed by atoms with Crippen molar-refractivity contribution in [2.75, 3.05) is 13.6 Å². The van der Waals surface area contributed by atoms with Gasteiger partial charge in [0.25, 0.3) is 11.4 Å². The van der Waals surface area contributed by atoms with Crippen LogP contribution in [0.1, 0.15) is 30.4 Å². The van der Waals surface area contributed by atoms with Gasteiger partial charge in [0, 0.05) is 12.8 Å². The fourth-order valence-electron chi connectivity index (χ4n) is 3.29. The van der Waals surface area contributed by atoms with Gasteiger partial charge < -0.3 is 18.9 Å². The highest BCUT2D eigenvalue weighted by Gasteiger charge is 2.23. The lowest BCUT2D eigenvalue weighted by molar-refractivity contribution is -0.385. The third kappa shape index (κ3) is 6.05. The van der Waals surface area contributed by atoms with E-state index in [9.17, 15) is 29.8 Å². The maximum Gasteiger partial charge on any atom is 0.282 e. The van der Waals surface area contributed by atoms with Gasteiger partial charge in [0.05, 0.1) is 45.5 Å². The predicted molar refractivity (Wildman–Crippen MR) is 124 cm³/mol. The molecule has 2 N–H and O–H groups in total. The molecule has 0 spiro atoms. The molecular weight excluding hydrogens is 496 g/mol. The Bertz CT molecular complexity index is 1230. The molecular formula is C21H18N6O10. The van der Waals surface area contributed by atoms with Crippen LogP contribution in [0.5, 0.6) is 23.0 Å². The zero-order valence-corrected chi connectivity index (χ0v) is 18.9. The Hall–Kier alpha value is -5.28. The third-order valence-corrected chi connectivity index (χ3v) is 5.03. The summed E-state index contributed by atoms with van der Waals surface area (Å²) in [6.45, 7) is -0.109. The lowest BCUT2D eigenvalue weighted by Crippen LogP contribution is -2.20.